The maximum atomic E-state index is 12.5. The number of carboxylic acid groups (broad SMARTS) is 1. The number of halogens is 3. The molecule has 3 unspecified atom stereocenters. The van der Waals surface area contributed by atoms with Crippen molar-refractivity contribution in [2.24, 2.45) is 11.7 Å². The Hall–Kier alpha value is -1.56. The van der Waals surface area contributed by atoms with Crippen molar-refractivity contribution in [2.45, 2.75) is 51.2 Å². The Balaban J connectivity index is 2.74. The number of rotatable bonds is 7. The van der Waals surface area contributed by atoms with E-state index in [1.165, 1.54) is 12.1 Å². The molecule has 0 saturated heterocycles. The number of hydrogen-bond acceptors (Lipinski definition) is 2. The van der Waals surface area contributed by atoms with Gasteiger partial charge < -0.3 is 10.8 Å². The molecule has 0 fully saturated rings. The Bertz CT molecular complexity index is 485. The predicted octanol–water partition coefficient (Wildman–Crippen LogP) is 4.03. The number of alkyl halides is 3. The quantitative estimate of drug-likeness (QED) is 0.798. The molecule has 0 aliphatic rings. The van der Waals surface area contributed by atoms with Gasteiger partial charge in [-0.1, -0.05) is 32.4 Å². The molecule has 0 aliphatic carbocycles. The highest BCUT2D eigenvalue weighted by molar-refractivity contribution is 5.67. The predicted molar refractivity (Wildman–Crippen MR) is 78.5 cm³/mol. The van der Waals surface area contributed by atoms with Gasteiger partial charge in [-0.3, -0.25) is 4.79 Å². The molecule has 6 heteroatoms. The largest absolute Gasteiger partial charge is 0.481 e. The normalized spacial score (nSPS) is 16.1. The minimum absolute atomic E-state index is 0.0204. The molecule has 0 radical (unpaired) electrons. The molecular weight excluding hydrogens is 295 g/mol. The molecule has 3 N–H and O–H groups in total. The van der Waals surface area contributed by atoms with Gasteiger partial charge in [0.15, 0.2) is 0 Å². The zero-order valence-corrected chi connectivity index (χ0v) is 12.7. The summed E-state index contributed by atoms with van der Waals surface area (Å²) in [5.74, 6) is -0.895. The van der Waals surface area contributed by atoms with E-state index < -0.39 is 23.8 Å². The number of carboxylic acids is 1. The van der Waals surface area contributed by atoms with Crippen LogP contribution in [0.2, 0.25) is 0 Å². The van der Waals surface area contributed by atoms with E-state index in [0.29, 0.717) is 6.42 Å². The van der Waals surface area contributed by atoms with E-state index >= 15 is 0 Å². The van der Waals surface area contributed by atoms with Gasteiger partial charge in [0, 0.05) is 6.04 Å². The van der Waals surface area contributed by atoms with Gasteiger partial charge >= 0.3 is 12.1 Å². The van der Waals surface area contributed by atoms with Crippen LogP contribution in [-0.2, 0) is 11.0 Å². The molecule has 0 bridgehead atoms. The molecule has 0 amide bonds. The molecule has 1 rings (SSSR count). The fraction of sp³-hybridized carbons (Fsp3) is 0.562. The lowest BCUT2D eigenvalue weighted by Gasteiger charge is -2.25. The summed E-state index contributed by atoms with van der Waals surface area (Å²) in [6.07, 6.45) is -3.05. The second-order valence-corrected chi connectivity index (χ2v) is 5.69. The number of benzene rings is 1. The van der Waals surface area contributed by atoms with Crippen LogP contribution in [-0.4, -0.2) is 17.1 Å². The van der Waals surface area contributed by atoms with Crippen LogP contribution in [0.15, 0.2) is 24.3 Å². The lowest BCUT2D eigenvalue weighted by atomic mass is 9.83. The van der Waals surface area contributed by atoms with E-state index in [1.54, 1.807) is 0 Å². The first kappa shape index (κ1) is 18.5. The number of carbonyl (C=O) groups is 1. The van der Waals surface area contributed by atoms with Gasteiger partial charge in [-0.2, -0.15) is 13.2 Å². The minimum atomic E-state index is -4.34. The number of hydrogen-bond donors (Lipinski definition) is 2. The van der Waals surface area contributed by atoms with Gasteiger partial charge in [0.05, 0.1) is 12.0 Å². The van der Waals surface area contributed by atoms with Crippen LogP contribution in [0, 0.1) is 5.92 Å². The molecule has 0 aromatic heterocycles. The Labute approximate surface area is 128 Å². The Morgan fingerprint density at radius 1 is 1.27 bits per heavy atom. The van der Waals surface area contributed by atoms with Gasteiger partial charge in [-0.05, 0) is 36.0 Å². The highest BCUT2D eigenvalue weighted by Gasteiger charge is 2.30. The molecule has 3 nitrogen and oxygen atoms in total. The fourth-order valence-electron chi connectivity index (χ4n) is 2.60. The van der Waals surface area contributed by atoms with Crippen LogP contribution < -0.4 is 5.73 Å². The molecule has 0 spiro atoms. The van der Waals surface area contributed by atoms with E-state index in [1.807, 2.05) is 13.8 Å². The van der Waals surface area contributed by atoms with Crippen LogP contribution in [0.3, 0.4) is 0 Å². The monoisotopic (exact) mass is 317 g/mol. The fourth-order valence-corrected chi connectivity index (χ4v) is 2.60. The summed E-state index contributed by atoms with van der Waals surface area (Å²) >= 11 is 0. The van der Waals surface area contributed by atoms with Gasteiger partial charge in [-0.15, -0.1) is 0 Å². The van der Waals surface area contributed by atoms with Crippen LogP contribution in [0.4, 0.5) is 13.2 Å². The Morgan fingerprint density at radius 2 is 1.82 bits per heavy atom. The third-order valence-corrected chi connectivity index (χ3v) is 4.00. The van der Waals surface area contributed by atoms with Crippen LogP contribution in [0.25, 0.3) is 0 Å². The molecule has 22 heavy (non-hydrogen) atoms. The number of nitrogens with two attached hydrogens (primary N) is 1. The summed E-state index contributed by atoms with van der Waals surface area (Å²) in [5, 5.41) is 8.80. The van der Waals surface area contributed by atoms with Crippen molar-refractivity contribution in [1.29, 1.82) is 0 Å². The van der Waals surface area contributed by atoms with Gasteiger partial charge in [0.25, 0.3) is 0 Å². The second-order valence-electron chi connectivity index (χ2n) is 5.69. The van der Waals surface area contributed by atoms with Crippen molar-refractivity contribution in [3.8, 4) is 0 Å². The summed E-state index contributed by atoms with van der Waals surface area (Å²) in [6, 6.07) is 4.65. The molecule has 1 aromatic rings. The van der Waals surface area contributed by atoms with E-state index in [2.05, 4.69) is 0 Å². The third kappa shape index (κ3) is 5.33. The molecule has 124 valence electrons. The molecular formula is C16H22F3NO2. The van der Waals surface area contributed by atoms with Gasteiger partial charge in [0.1, 0.15) is 0 Å². The standard InChI is InChI=1S/C16H22F3NO2/c1-3-11(14(20)9-15(21)22)8-10(2)12-4-6-13(7-5-12)16(17,18)19/h4-7,10-11,14H,3,8-9,20H2,1-2H3,(H,21,22). The van der Waals surface area contributed by atoms with E-state index in [4.69, 9.17) is 10.8 Å². The van der Waals surface area contributed by atoms with E-state index in [9.17, 15) is 18.0 Å². The van der Waals surface area contributed by atoms with Crippen molar-refractivity contribution in [2.75, 3.05) is 0 Å². The summed E-state index contributed by atoms with van der Waals surface area (Å²) in [5.41, 5.74) is 6.04. The van der Waals surface area contributed by atoms with E-state index in [0.717, 1.165) is 24.1 Å². The van der Waals surface area contributed by atoms with Crippen molar-refractivity contribution in [1.82, 2.24) is 0 Å². The minimum Gasteiger partial charge on any atom is -0.481 e. The molecule has 0 saturated carbocycles. The average Bonchev–Trinajstić information content (AvgIpc) is 2.42. The van der Waals surface area contributed by atoms with Crippen LogP contribution in [0.1, 0.15) is 50.2 Å². The van der Waals surface area contributed by atoms with E-state index in [-0.39, 0.29) is 18.3 Å². The summed E-state index contributed by atoms with van der Waals surface area (Å²) in [6.45, 7) is 3.85. The van der Waals surface area contributed by atoms with Gasteiger partial charge in [-0.25, -0.2) is 0 Å². The topological polar surface area (TPSA) is 63.3 Å². The van der Waals surface area contributed by atoms with Crippen molar-refractivity contribution in [3.63, 3.8) is 0 Å². The first-order valence-corrected chi connectivity index (χ1v) is 7.29. The zero-order chi connectivity index (χ0) is 16.9. The maximum absolute atomic E-state index is 12.5. The second kappa shape index (κ2) is 7.63. The van der Waals surface area contributed by atoms with Crippen LogP contribution in [0.5, 0.6) is 0 Å². The lowest BCUT2D eigenvalue weighted by Crippen LogP contribution is -2.33. The smallest absolute Gasteiger partial charge is 0.416 e. The Morgan fingerprint density at radius 3 is 2.23 bits per heavy atom. The molecule has 0 heterocycles. The zero-order valence-electron chi connectivity index (χ0n) is 12.7. The number of aliphatic carboxylic acids is 1. The lowest BCUT2D eigenvalue weighted by molar-refractivity contribution is -0.138. The summed E-state index contributed by atoms with van der Waals surface area (Å²) < 4.78 is 37.6. The SMILES string of the molecule is CCC(CC(C)c1ccc(C(F)(F)F)cc1)C(N)CC(=O)O. The first-order valence-electron chi connectivity index (χ1n) is 7.29. The van der Waals surface area contributed by atoms with Crippen molar-refractivity contribution < 1.29 is 23.1 Å². The molecule has 0 aliphatic heterocycles. The molecule has 1 aromatic carbocycles. The van der Waals surface area contributed by atoms with Crippen LogP contribution >= 0.6 is 0 Å². The summed E-state index contributed by atoms with van der Waals surface area (Å²) in [4.78, 5) is 10.7. The summed E-state index contributed by atoms with van der Waals surface area (Å²) in [7, 11) is 0. The third-order valence-electron chi connectivity index (χ3n) is 4.00. The highest BCUT2D eigenvalue weighted by Crippen LogP contribution is 2.32. The maximum Gasteiger partial charge on any atom is 0.416 e. The Kier molecular flexibility index (Phi) is 6.41. The van der Waals surface area contributed by atoms with Gasteiger partial charge in [0.2, 0.25) is 0 Å². The highest BCUT2D eigenvalue weighted by atomic mass is 19.4. The van der Waals surface area contributed by atoms with Crippen molar-refractivity contribution in [3.05, 3.63) is 35.4 Å². The molecule has 3 atom stereocenters. The first-order chi connectivity index (χ1) is 10.1. The average molecular weight is 317 g/mol. The van der Waals surface area contributed by atoms with Crippen molar-refractivity contribution >= 4 is 5.97 Å².